The molecule has 1 aromatic rings. The molecule has 8 heteroatoms. The first-order valence-electron chi connectivity index (χ1n) is 4.74. The SMILES string of the molecule is CNc1ncnc(OCCC(F)(F)F)c1OC. The minimum atomic E-state index is -4.26. The topological polar surface area (TPSA) is 56.3 Å². The zero-order valence-corrected chi connectivity index (χ0v) is 9.34. The Morgan fingerprint density at radius 1 is 1.35 bits per heavy atom. The van der Waals surface area contributed by atoms with Crippen molar-refractivity contribution in [3.8, 4) is 11.6 Å². The number of rotatable bonds is 5. The lowest BCUT2D eigenvalue weighted by molar-refractivity contribution is -0.139. The molecule has 5 nitrogen and oxygen atoms in total. The van der Waals surface area contributed by atoms with Crippen LogP contribution in [0.3, 0.4) is 0 Å². The zero-order chi connectivity index (χ0) is 12.9. The Bertz CT molecular complexity index is 371. The standard InChI is InChI=1S/C9H12F3N3O2/c1-13-7-6(16-2)8(15-5-14-7)17-4-3-9(10,11)12/h5H,3-4H2,1-2H3,(H,13,14,15). The van der Waals surface area contributed by atoms with Gasteiger partial charge in [0.15, 0.2) is 5.82 Å². The van der Waals surface area contributed by atoms with Crippen molar-refractivity contribution < 1.29 is 22.6 Å². The number of alkyl halides is 3. The second-order valence-electron chi connectivity index (χ2n) is 3.02. The van der Waals surface area contributed by atoms with Crippen LogP contribution in [0, 0.1) is 0 Å². The largest absolute Gasteiger partial charge is 0.489 e. The van der Waals surface area contributed by atoms with Crippen LogP contribution >= 0.6 is 0 Å². The molecule has 17 heavy (non-hydrogen) atoms. The highest BCUT2D eigenvalue weighted by Crippen LogP contribution is 2.31. The first kappa shape index (κ1) is 13.3. The minimum absolute atomic E-state index is 0.0175. The molecular weight excluding hydrogens is 239 g/mol. The van der Waals surface area contributed by atoms with Crippen molar-refractivity contribution in [3.63, 3.8) is 0 Å². The van der Waals surface area contributed by atoms with Crippen molar-refractivity contribution in [2.45, 2.75) is 12.6 Å². The first-order chi connectivity index (χ1) is 7.98. The van der Waals surface area contributed by atoms with Gasteiger partial charge in [-0.15, -0.1) is 0 Å². The Morgan fingerprint density at radius 3 is 2.59 bits per heavy atom. The number of ether oxygens (including phenoxy) is 2. The number of hydrogen-bond acceptors (Lipinski definition) is 5. The summed E-state index contributed by atoms with van der Waals surface area (Å²) in [6, 6.07) is 0. The Balaban J connectivity index is 2.70. The maximum Gasteiger partial charge on any atom is 0.392 e. The fourth-order valence-electron chi connectivity index (χ4n) is 1.09. The number of methoxy groups -OCH3 is 1. The lowest BCUT2D eigenvalue weighted by atomic mass is 10.4. The summed E-state index contributed by atoms with van der Waals surface area (Å²) in [5, 5.41) is 2.72. The Kier molecular flexibility index (Phi) is 4.36. The molecule has 0 saturated carbocycles. The maximum absolute atomic E-state index is 11.9. The summed E-state index contributed by atoms with van der Waals surface area (Å²) >= 11 is 0. The molecule has 0 aliphatic rings. The highest BCUT2D eigenvalue weighted by Gasteiger charge is 2.27. The second-order valence-corrected chi connectivity index (χ2v) is 3.02. The highest BCUT2D eigenvalue weighted by atomic mass is 19.4. The van der Waals surface area contributed by atoms with E-state index in [0.717, 1.165) is 0 Å². The average Bonchev–Trinajstić information content (AvgIpc) is 2.27. The smallest absolute Gasteiger partial charge is 0.392 e. The summed E-state index contributed by atoms with van der Waals surface area (Å²) in [4.78, 5) is 7.55. The molecule has 1 rings (SSSR count). The predicted molar refractivity (Wildman–Crippen MR) is 54.3 cm³/mol. The average molecular weight is 251 g/mol. The third kappa shape index (κ3) is 3.97. The molecular formula is C9H12F3N3O2. The van der Waals surface area contributed by atoms with Crippen molar-refractivity contribution >= 4 is 5.82 Å². The molecule has 0 saturated heterocycles. The summed E-state index contributed by atoms with van der Waals surface area (Å²) in [5.41, 5.74) is 0. The third-order valence-electron chi connectivity index (χ3n) is 1.84. The van der Waals surface area contributed by atoms with Crippen LogP contribution in [0.1, 0.15) is 6.42 Å². The van der Waals surface area contributed by atoms with Crippen LogP contribution in [0.4, 0.5) is 19.0 Å². The van der Waals surface area contributed by atoms with Gasteiger partial charge in [-0.05, 0) is 0 Å². The van der Waals surface area contributed by atoms with Gasteiger partial charge in [-0.1, -0.05) is 0 Å². The van der Waals surface area contributed by atoms with Crippen molar-refractivity contribution in [2.24, 2.45) is 0 Å². The molecule has 0 unspecified atom stereocenters. The van der Waals surface area contributed by atoms with Crippen molar-refractivity contribution in [3.05, 3.63) is 6.33 Å². The van der Waals surface area contributed by atoms with Crippen LogP contribution < -0.4 is 14.8 Å². The van der Waals surface area contributed by atoms with Gasteiger partial charge in [-0.25, -0.2) is 4.98 Å². The van der Waals surface area contributed by atoms with E-state index in [0.29, 0.717) is 5.82 Å². The zero-order valence-electron chi connectivity index (χ0n) is 9.34. The lowest BCUT2D eigenvalue weighted by Gasteiger charge is -2.12. The summed E-state index contributed by atoms with van der Waals surface area (Å²) < 4.78 is 45.7. The quantitative estimate of drug-likeness (QED) is 0.865. The van der Waals surface area contributed by atoms with Crippen molar-refractivity contribution in [1.29, 1.82) is 0 Å². The van der Waals surface area contributed by atoms with Crippen LogP contribution in [0.5, 0.6) is 11.6 Å². The van der Waals surface area contributed by atoms with E-state index in [-0.39, 0.29) is 11.6 Å². The van der Waals surface area contributed by atoms with E-state index in [4.69, 9.17) is 9.47 Å². The molecule has 0 radical (unpaired) electrons. The number of halogens is 3. The van der Waals surface area contributed by atoms with E-state index in [1.165, 1.54) is 13.4 Å². The van der Waals surface area contributed by atoms with Crippen LogP contribution in [-0.4, -0.2) is 36.9 Å². The fourth-order valence-corrected chi connectivity index (χ4v) is 1.09. The highest BCUT2D eigenvalue weighted by molar-refractivity contribution is 5.54. The number of hydrogen-bond donors (Lipinski definition) is 1. The Morgan fingerprint density at radius 2 is 2.06 bits per heavy atom. The van der Waals surface area contributed by atoms with Gasteiger partial charge in [0.25, 0.3) is 5.88 Å². The van der Waals surface area contributed by atoms with Crippen molar-refractivity contribution in [2.75, 3.05) is 26.1 Å². The fraction of sp³-hybridized carbons (Fsp3) is 0.556. The van der Waals surface area contributed by atoms with Gasteiger partial charge < -0.3 is 14.8 Å². The number of nitrogens with zero attached hydrogens (tertiary/aromatic N) is 2. The van der Waals surface area contributed by atoms with Crippen LogP contribution in [0.2, 0.25) is 0 Å². The summed E-state index contributed by atoms with van der Waals surface area (Å²) in [6.07, 6.45) is -4.13. The maximum atomic E-state index is 11.9. The van der Waals surface area contributed by atoms with Gasteiger partial charge in [-0.2, -0.15) is 18.2 Å². The summed E-state index contributed by atoms with van der Waals surface area (Å²) in [5.74, 6) is 0.512. The number of nitrogens with one attached hydrogen (secondary N) is 1. The molecule has 1 heterocycles. The molecule has 0 spiro atoms. The Labute approximate surface area is 96.0 Å². The summed E-state index contributed by atoms with van der Waals surface area (Å²) in [7, 11) is 2.96. The van der Waals surface area contributed by atoms with Gasteiger partial charge in [0, 0.05) is 7.05 Å². The van der Waals surface area contributed by atoms with E-state index in [2.05, 4.69) is 15.3 Å². The molecule has 0 amide bonds. The third-order valence-corrected chi connectivity index (χ3v) is 1.84. The van der Waals surface area contributed by atoms with E-state index >= 15 is 0 Å². The molecule has 96 valence electrons. The summed E-state index contributed by atoms with van der Waals surface area (Å²) in [6.45, 7) is -0.514. The molecule has 0 atom stereocenters. The molecule has 0 aromatic carbocycles. The second kappa shape index (κ2) is 5.55. The Hall–Kier alpha value is -1.73. The molecule has 1 aromatic heterocycles. The number of anilines is 1. The molecule has 0 bridgehead atoms. The minimum Gasteiger partial charge on any atom is -0.489 e. The van der Waals surface area contributed by atoms with Gasteiger partial charge in [-0.3, -0.25) is 0 Å². The molecule has 1 N–H and O–H groups in total. The van der Waals surface area contributed by atoms with Crippen LogP contribution in [0.15, 0.2) is 6.33 Å². The molecule has 0 aliphatic carbocycles. The first-order valence-corrected chi connectivity index (χ1v) is 4.74. The van der Waals surface area contributed by atoms with E-state index in [1.54, 1.807) is 7.05 Å². The van der Waals surface area contributed by atoms with Gasteiger partial charge in [0.2, 0.25) is 5.75 Å². The normalized spacial score (nSPS) is 11.1. The van der Waals surface area contributed by atoms with Crippen LogP contribution in [-0.2, 0) is 0 Å². The van der Waals surface area contributed by atoms with Gasteiger partial charge in [0.1, 0.15) is 6.33 Å². The molecule has 0 aliphatic heterocycles. The number of aromatic nitrogens is 2. The van der Waals surface area contributed by atoms with Gasteiger partial charge in [0.05, 0.1) is 20.1 Å². The lowest BCUT2D eigenvalue weighted by Crippen LogP contribution is -2.14. The van der Waals surface area contributed by atoms with E-state index < -0.39 is 19.2 Å². The predicted octanol–water partition coefficient (Wildman–Crippen LogP) is 1.86. The molecule has 0 fully saturated rings. The van der Waals surface area contributed by atoms with Gasteiger partial charge >= 0.3 is 6.18 Å². The van der Waals surface area contributed by atoms with Crippen LogP contribution in [0.25, 0.3) is 0 Å². The van der Waals surface area contributed by atoms with E-state index in [9.17, 15) is 13.2 Å². The van der Waals surface area contributed by atoms with E-state index in [1.807, 2.05) is 0 Å². The monoisotopic (exact) mass is 251 g/mol. The van der Waals surface area contributed by atoms with Crippen molar-refractivity contribution in [1.82, 2.24) is 9.97 Å².